The fourth-order valence-corrected chi connectivity index (χ4v) is 3.40. The van der Waals surface area contributed by atoms with Gasteiger partial charge >= 0.3 is 0 Å². The lowest BCUT2D eigenvalue weighted by Crippen LogP contribution is -2.20. The van der Waals surface area contributed by atoms with Gasteiger partial charge in [0.05, 0.1) is 5.69 Å². The minimum absolute atomic E-state index is 0.103. The maximum atomic E-state index is 12.4. The molecule has 4 aromatic rings. The number of ether oxygens (including phenoxy) is 1. The van der Waals surface area contributed by atoms with E-state index < -0.39 is 0 Å². The van der Waals surface area contributed by atoms with E-state index >= 15 is 0 Å². The van der Waals surface area contributed by atoms with Crippen LogP contribution in [-0.4, -0.2) is 27.5 Å². The van der Waals surface area contributed by atoms with Crippen LogP contribution in [0.4, 0.5) is 5.69 Å². The SMILES string of the molecule is Cc1ccc(-n2nc3ccc(NC(=O)COc4cc(C)c(Cl)c(C)c4)cc3n2)cc1C. The molecule has 0 saturated carbocycles. The van der Waals surface area contributed by atoms with Crippen LogP contribution in [0.3, 0.4) is 0 Å². The molecular formula is C24H23ClN4O2. The molecule has 0 spiro atoms. The summed E-state index contributed by atoms with van der Waals surface area (Å²) in [5, 5.41) is 12.6. The number of hydrogen-bond donors (Lipinski definition) is 1. The number of amides is 1. The third-order valence-corrected chi connectivity index (χ3v) is 5.76. The predicted octanol–water partition coefficient (Wildman–Crippen LogP) is 5.33. The van der Waals surface area contributed by atoms with Crippen molar-refractivity contribution in [1.82, 2.24) is 15.0 Å². The number of nitrogens with zero attached hydrogens (tertiary/aromatic N) is 3. The number of aryl methyl sites for hydroxylation is 4. The van der Waals surface area contributed by atoms with Gasteiger partial charge in [0.1, 0.15) is 16.8 Å². The van der Waals surface area contributed by atoms with Gasteiger partial charge in [-0.3, -0.25) is 4.79 Å². The minimum atomic E-state index is -0.258. The molecule has 7 heteroatoms. The summed E-state index contributed by atoms with van der Waals surface area (Å²) in [7, 11) is 0. The Morgan fingerprint density at radius 3 is 2.32 bits per heavy atom. The molecular weight excluding hydrogens is 412 g/mol. The van der Waals surface area contributed by atoms with Gasteiger partial charge in [-0.05, 0) is 92.4 Å². The lowest BCUT2D eigenvalue weighted by molar-refractivity contribution is -0.118. The number of halogens is 1. The Balaban J connectivity index is 1.46. The van der Waals surface area contributed by atoms with E-state index in [0.29, 0.717) is 22.0 Å². The monoisotopic (exact) mass is 434 g/mol. The Kier molecular flexibility index (Phi) is 5.65. The molecule has 0 unspecified atom stereocenters. The summed E-state index contributed by atoms with van der Waals surface area (Å²) >= 11 is 6.18. The summed E-state index contributed by atoms with van der Waals surface area (Å²) in [6.45, 7) is 7.84. The number of hydrogen-bond acceptors (Lipinski definition) is 4. The van der Waals surface area contributed by atoms with Gasteiger partial charge in [0, 0.05) is 10.7 Å². The van der Waals surface area contributed by atoms with Crippen LogP contribution in [0.15, 0.2) is 48.5 Å². The average Bonchev–Trinajstić information content (AvgIpc) is 3.15. The molecule has 1 heterocycles. The topological polar surface area (TPSA) is 69.0 Å². The molecule has 0 saturated heterocycles. The number of fused-ring (bicyclic) bond motifs is 1. The van der Waals surface area contributed by atoms with E-state index in [0.717, 1.165) is 22.3 Å². The smallest absolute Gasteiger partial charge is 0.262 e. The van der Waals surface area contributed by atoms with Crippen LogP contribution in [0.2, 0.25) is 5.02 Å². The highest BCUT2D eigenvalue weighted by Gasteiger charge is 2.10. The maximum Gasteiger partial charge on any atom is 0.262 e. The van der Waals surface area contributed by atoms with Gasteiger partial charge < -0.3 is 10.1 Å². The molecule has 0 aliphatic rings. The summed E-state index contributed by atoms with van der Waals surface area (Å²) in [4.78, 5) is 14.0. The highest BCUT2D eigenvalue weighted by molar-refractivity contribution is 6.32. The van der Waals surface area contributed by atoms with E-state index in [-0.39, 0.29) is 12.5 Å². The highest BCUT2D eigenvalue weighted by atomic mass is 35.5. The van der Waals surface area contributed by atoms with E-state index in [1.807, 2.05) is 44.2 Å². The summed E-state index contributed by atoms with van der Waals surface area (Å²) in [5.41, 5.74) is 7.20. The molecule has 1 amide bonds. The van der Waals surface area contributed by atoms with Crippen molar-refractivity contribution in [3.63, 3.8) is 0 Å². The zero-order valence-electron chi connectivity index (χ0n) is 17.9. The van der Waals surface area contributed by atoms with Crippen molar-refractivity contribution in [3.8, 4) is 11.4 Å². The van der Waals surface area contributed by atoms with Crippen molar-refractivity contribution >= 4 is 34.2 Å². The molecule has 1 aromatic heterocycles. The van der Waals surface area contributed by atoms with Gasteiger partial charge in [0.15, 0.2) is 6.61 Å². The van der Waals surface area contributed by atoms with Crippen LogP contribution in [0.1, 0.15) is 22.3 Å². The fraction of sp³-hybridized carbons (Fsp3) is 0.208. The van der Waals surface area contributed by atoms with E-state index in [9.17, 15) is 4.79 Å². The summed E-state index contributed by atoms with van der Waals surface area (Å²) in [6, 6.07) is 15.2. The molecule has 158 valence electrons. The van der Waals surface area contributed by atoms with Crippen LogP contribution in [-0.2, 0) is 4.79 Å². The number of nitrogens with one attached hydrogen (secondary N) is 1. The van der Waals surface area contributed by atoms with Crippen LogP contribution in [0.25, 0.3) is 16.7 Å². The Morgan fingerprint density at radius 2 is 1.61 bits per heavy atom. The Morgan fingerprint density at radius 1 is 0.903 bits per heavy atom. The van der Waals surface area contributed by atoms with Gasteiger partial charge in [-0.25, -0.2) is 0 Å². The molecule has 31 heavy (non-hydrogen) atoms. The Hall–Kier alpha value is -3.38. The van der Waals surface area contributed by atoms with Crippen molar-refractivity contribution in [2.24, 2.45) is 0 Å². The van der Waals surface area contributed by atoms with Gasteiger partial charge in [0.2, 0.25) is 0 Å². The third-order valence-electron chi connectivity index (χ3n) is 5.17. The normalized spacial score (nSPS) is 11.0. The standard InChI is InChI=1S/C24H23ClN4O2/c1-14-5-7-19(9-15(14)2)29-27-21-8-6-18(12-22(21)28-29)26-23(30)13-31-20-10-16(3)24(25)17(4)11-20/h5-12H,13H2,1-4H3,(H,26,30). The molecule has 0 radical (unpaired) electrons. The molecule has 0 aliphatic heterocycles. The van der Waals surface area contributed by atoms with Crippen LogP contribution in [0, 0.1) is 27.7 Å². The van der Waals surface area contributed by atoms with Crippen molar-refractivity contribution < 1.29 is 9.53 Å². The second kappa shape index (κ2) is 8.40. The van der Waals surface area contributed by atoms with E-state index in [4.69, 9.17) is 16.3 Å². The number of benzene rings is 3. The van der Waals surface area contributed by atoms with E-state index in [1.165, 1.54) is 11.1 Å². The molecule has 0 bridgehead atoms. The number of aromatic nitrogens is 3. The second-order valence-electron chi connectivity index (χ2n) is 7.67. The maximum absolute atomic E-state index is 12.4. The first-order chi connectivity index (χ1) is 14.8. The van der Waals surface area contributed by atoms with Crippen LogP contribution in [0.5, 0.6) is 5.75 Å². The lowest BCUT2D eigenvalue weighted by atomic mass is 10.1. The van der Waals surface area contributed by atoms with Crippen molar-refractivity contribution in [2.75, 3.05) is 11.9 Å². The van der Waals surface area contributed by atoms with E-state index in [1.54, 1.807) is 16.9 Å². The van der Waals surface area contributed by atoms with Gasteiger partial charge in [0.25, 0.3) is 5.91 Å². The van der Waals surface area contributed by atoms with Gasteiger partial charge in [-0.15, -0.1) is 10.2 Å². The highest BCUT2D eigenvalue weighted by Crippen LogP contribution is 2.26. The minimum Gasteiger partial charge on any atom is -0.484 e. The van der Waals surface area contributed by atoms with Crippen molar-refractivity contribution in [2.45, 2.75) is 27.7 Å². The molecule has 6 nitrogen and oxygen atoms in total. The van der Waals surface area contributed by atoms with Gasteiger partial charge in [-0.2, -0.15) is 4.80 Å². The van der Waals surface area contributed by atoms with Crippen molar-refractivity contribution in [1.29, 1.82) is 0 Å². The first kappa shape index (κ1) is 20.9. The molecule has 3 aromatic carbocycles. The van der Waals surface area contributed by atoms with Crippen LogP contribution >= 0.6 is 11.6 Å². The van der Waals surface area contributed by atoms with Crippen LogP contribution < -0.4 is 10.1 Å². The fourth-order valence-electron chi connectivity index (χ4n) is 3.29. The number of carbonyl (C=O) groups excluding carboxylic acids is 1. The number of anilines is 1. The van der Waals surface area contributed by atoms with Crippen molar-refractivity contribution in [3.05, 3.63) is 75.8 Å². The predicted molar refractivity (Wildman–Crippen MR) is 123 cm³/mol. The van der Waals surface area contributed by atoms with E-state index in [2.05, 4.69) is 35.4 Å². The summed E-state index contributed by atoms with van der Waals surface area (Å²) in [6.07, 6.45) is 0. The summed E-state index contributed by atoms with van der Waals surface area (Å²) in [5.74, 6) is 0.354. The molecule has 4 rings (SSSR count). The average molecular weight is 435 g/mol. The Labute approximate surface area is 185 Å². The molecule has 0 fully saturated rings. The largest absolute Gasteiger partial charge is 0.484 e. The first-order valence-corrected chi connectivity index (χ1v) is 10.3. The first-order valence-electron chi connectivity index (χ1n) is 9.94. The lowest BCUT2D eigenvalue weighted by Gasteiger charge is -2.10. The summed E-state index contributed by atoms with van der Waals surface area (Å²) < 4.78 is 5.62. The molecule has 0 aliphatic carbocycles. The zero-order chi connectivity index (χ0) is 22.1. The number of carbonyl (C=O) groups is 1. The second-order valence-corrected chi connectivity index (χ2v) is 8.05. The Bertz CT molecular complexity index is 1270. The molecule has 1 N–H and O–H groups in total. The van der Waals surface area contributed by atoms with Gasteiger partial charge in [-0.1, -0.05) is 17.7 Å². The molecule has 0 atom stereocenters. The zero-order valence-corrected chi connectivity index (χ0v) is 18.6. The number of rotatable bonds is 5. The quantitative estimate of drug-likeness (QED) is 0.461. The third kappa shape index (κ3) is 4.54.